The Morgan fingerprint density at radius 3 is 2.65 bits per heavy atom. The summed E-state index contributed by atoms with van der Waals surface area (Å²) in [5.74, 6) is 0.993. The first-order valence-electron chi connectivity index (χ1n) is 6.54. The summed E-state index contributed by atoms with van der Waals surface area (Å²) in [6, 6.07) is 4.10. The molecule has 2 heterocycles. The third kappa shape index (κ3) is 3.26. The molecule has 1 atom stereocenters. The molecule has 5 nitrogen and oxygen atoms in total. The van der Waals surface area contributed by atoms with Gasteiger partial charge in [0.05, 0.1) is 18.2 Å². The van der Waals surface area contributed by atoms with Crippen LogP contribution in [0.4, 0.5) is 10.8 Å². The summed E-state index contributed by atoms with van der Waals surface area (Å²) in [5.41, 5.74) is 7.97. The van der Waals surface area contributed by atoms with Crippen LogP contribution >= 0.6 is 11.5 Å². The van der Waals surface area contributed by atoms with Crippen molar-refractivity contribution in [3.63, 3.8) is 0 Å². The van der Waals surface area contributed by atoms with Crippen LogP contribution in [-0.4, -0.2) is 29.1 Å². The normalized spacial score (nSPS) is 12.6. The zero-order valence-corrected chi connectivity index (χ0v) is 12.8. The summed E-state index contributed by atoms with van der Waals surface area (Å²) in [7, 11) is 1.71. The number of nitrogens with one attached hydrogen (secondary N) is 1. The molecule has 0 aliphatic carbocycles. The molecule has 0 radical (unpaired) electrons. The molecular formula is C14H20N4OS. The molecule has 0 saturated carbocycles. The molecule has 0 aliphatic rings. The van der Waals surface area contributed by atoms with Crippen molar-refractivity contribution in [3.05, 3.63) is 24.5 Å². The lowest BCUT2D eigenvalue weighted by Crippen LogP contribution is -2.30. The van der Waals surface area contributed by atoms with Crippen LogP contribution in [0, 0.1) is 5.92 Å². The van der Waals surface area contributed by atoms with Gasteiger partial charge < -0.3 is 15.8 Å². The van der Waals surface area contributed by atoms with Crippen molar-refractivity contribution in [2.24, 2.45) is 5.92 Å². The summed E-state index contributed by atoms with van der Waals surface area (Å²) < 4.78 is 9.53. The molecule has 2 aromatic rings. The Hall–Kier alpha value is -1.66. The lowest BCUT2D eigenvalue weighted by atomic mass is 10.0. The summed E-state index contributed by atoms with van der Waals surface area (Å²) in [4.78, 5) is 4.03. The highest BCUT2D eigenvalue weighted by Gasteiger charge is 2.19. The predicted octanol–water partition coefficient (Wildman–Crippen LogP) is 2.87. The Kier molecular flexibility index (Phi) is 4.92. The highest BCUT2D eigenvalue weighted by Crippen LogP contribution is 2.37. The van der Waals surface area contributed by atoms with E-state index in [9.17, 15) is 0 Å². The molecule has 108 valence electrons. The van der Waals surface area contributed by atoms with Gasteiger partial charge in [0.2, 0.25) is 0 Å². The van der Waals surface area contributed by atoms with E-state index < -0.39 is 0 Å². The van der Waals surface area contributed by atoms with Gasteiger partial charge in [-0.2, -0.15) is 4.37 Å². The van der Waals surface area contributed by atoms with Crippen molar-refractivity contribution < 1.29 is 4.74 Å². The zero-order valence-electron chi connectivity index (χ0n) is 12.0. The number of nitrogen functional groups attached to an aromatic ring is 1. The van der Waals surface area contributed by atoms with Crippen LogP contribution in [0.25, 0.3) is 11.1 Å². The van der Waals surface area contributed by atoms with Crippen LogP contribution in [0.5, 0.6) is 0 Å². The highest BCUT2D eigenvalue weighted by molar-refractivity contribution is 7.11. The van der Waals surface area contributed by atoms with Gasteiger partial charge in [0.25, 0.3) is 0 Å². The number of aromatic nitrogens is 2. The van der Waals surface area contributed by atoms with Gasteiger partial charge in [0.15, 0.2) is 0 Å². The zero-order chi connectivity index (χ0) is 14.5. The number of hydrogen-bond donors (Lipinski definition) is 2. The minimum absolute atomic E-state index is 0.223. The number of ether oxygens (including phenoxy) is 1. The molecule has 0 spiro atoms. The lowest BCUT2D eigenvalue weighted by Gasteiger charge is -2.22. The van der Waals surface area contributed by atoms with Crippen LogP contribution in [0.3, 0.4) is 0 Å². The number of nitrogens with zero attached hydrogens (tertiary/aromatic N) is 2. The third-order valence-electron chi connectivity index (χ3n) is 3.15. The van der Waals surface area contributed by atoms with Gasteiger partial charge in [-0.25, -0.2) is 0 Å². The molecule has 20 heavy (non-hydrogen) atoms. The number of pyridine rings is 1. The molecule has 0 aliphatic heterocycles. The maximum Gasteiger partial charge on any atom is 0.147 e. The van der Waals surface area contributed by atoms with Gasteiger partial charge in [-0.05, 0) is 35.1 Å². The molecule has 0 amide bonds. The molecule has 2 aromatic heterocycles. The van der Waals surface area contributed by atoms with Gasteiger partial charge in [-0.15, -0.1) is 0 Å². The number of rotatable bonds is 6. The standard InChI is InChI=1S/C14H20N4OS/c1-9(2)11(8-19-3)17-14-12(13(15)18-20-14)10-4-6-16-7-5-10/h4-7,9,11,17H,8H2,1-3H3,(H2,15,18). The first kappa shape index (κ1) is 14.7. The van der Waals surface area contributed by atoms with E-state index in [0.717, 1.165) is 16.1 Å². The van der Waals surface area contributed by atoms with Crippen LogP contribution in [0.2, 0.25) is 0 Å². The molecule has 0 saturated heterocycles. The summed E-state index contributed by atoms with van der Waals surface area (Å²) >= 11 is 1.38. The Morgan fingerprint density at radius 1 is 1.35 bits per heavy atom. The Morgan fingerprint density at radius 2 is 2.05 bits per heavy atom. The smallest absolute Gasteiger partial charge is 0.147 e. The van der Waals surface area contributed by atoms with E-state index in [1.807, 2.05) is 12.1 Å². The minimum Gasteiger partial charge on any atom is -0.383 e. The SMILES string of the molecule is COCC(Nc1snc(N)c1-c1ccncc1)C(C)C. The van der Waals surface area contributed by atoms with Crippen LogP contribution in [0.1, 0.15) is 13.8 Å². The van der Waals surface area contributed by atoms with Crippen LogP contribution < -0.4 is 11.1 Å². The number of nitrogens with two attached hydrogens (primary N) is 1. The van der Waals surface area contributed by atoms with E-state index in [0.29, 0.717) is 18.3 Å². The Balaban J connectivity index is 2.29. The number of hydrogen-bond acceptors (Lipinski definition) is 6. The average Bonchev–Trinajstić information content (AvgIpc) is 2.80. The predicted molar refractivity (Wildman–Crippen MR) is 83.9 cm³/mol. The second-order valence-electron chi connectivity index (χ2n) is 4.96. The Labute approximate surface area is 123 Å². The van der Waals surface area contributed by atoms with Gasteiger partial charge in [-0.1, -0.05) is 13.8 Å². The van der Waals surface area contributed by atoms with Crippen LogP contribution in [-0.2, 0) is 4.74 Å². The second kappa shape index (κ2) is 6.67. The van der Waals surface area contributed by atoms with Crippen LogP contribution in [0.15, 0.2) is 24.5 Å². The summed E-state index contributed by atoms with van der Waals surface area (Å²) in [6.07, 6.45) is 3.51. The van der Waals surface area contributed by atoms with Gasteiger partial charge in [0, 0.05) is 19.5 Å². The molecule has 2 rings (SSSR count). The third-order valence-corrected chi connectivity index (χ3v) is 3.95. The first-order valence-corrected chi connectivity index (χ1v) is 7.31. The van der Waals surface area contributed by atoms with Crippen molar-refractivity contribution in [2.45, 2.75) is 19.9 Å². The minimum atomic E-state index is 0.223. The van der Waals surface area contributed by atoms with Crippen molar-refractivity contribution >= 4 is 22.4 Å². The summed E-state index contributed by atoms with van der Waals surface area (Å²) in [6.45, 7) is 4.96. The average molecular weight is 292 g/mol. The first-order chi connectivity index (χ1) is 9.63. The van der Waals surface area contributed by atoms with E-state index in [1.165, 1.54) is 11.5 Å². The Bertz CT molecular complexity index is 541. The fourth-order valence-corrected chi connectivity index (χ4v) is 2.75. The van der Waals surface area contributed by atoms with E-state index >= 15 is 0 Å². The van der Waals surface area contributed by atoms with E-state index in [2.05, 4.69) is 28.5 Å². The molecule has 3 N–H and O–H groups in total. The van der Waals surface area contributed by atoms with Crippen molar-refractivity contribution in [1.82, 2.24) is 9.36 Å². The van der Waals surface area contributed by atoms with Gasteiger partial charge in [-0.3, -0.25) is 4.98 Å². The fourth-order valence-electron chi connectivity index (χ4n) is 1.95. The molecule has 0 fully saturated rings. The highest BCUT2D eigenvalue weighted by atomic mass is 32.1. The largest absolute Gasteiger partial charge is 0.383 e. The maximum absolute atomic E-state index is 6.01. The van der Waals surface area contributed by atoms with Gasteiger partial charge in [0.1, 0.15) is 10.8 Å². The van der Waals surface area contributed by atoms with E-state index in [-0.39, 0.29) is 6.04 Å². The van der Waals surface area contributed by atoms with Crippen molar-refractivity contribution in [3.8, 4) is 11.1 Å². The molecule has 0 bridgehead atoms. The number of anilines is 2. The second-order valence-corrected chi connectivity index (χ2v) is 5.73. The van der Waals surface area contributed by atoms with Crippen molar-refractivity contribution in [2.75, 3.05) is 24.8 Å². The van der Waals surface area contributed by atoms with Gasteiger partial charge >= 0.3 is 0 Å². The topological polar surface area (TPSA) is 73.1 Å². The van der Waals surface area contributed by atoms with E-state index in [1.54, 1.807) is 19.5 Å². The molecular weight excluding hydrogens is 272 g/mol. The molecule has 1 unspecified atom stereocenters. The fraction of sp³-hybridized carbons (Fsp3) is 0.429. The molecule has 0 aromatic carbocycles. The number of methoxy groups -OCH3 is 1. The lowest BCUT2D eigenvalue weighted by molar-refractivity contribution is 0.171. The monoisotopic (exact) mass is 292 g/mol. The maximum atomic E-state index is 6.01. The van der Waals surface area contributed by atoms with E-state index in [4.69, 9.17) is 10.5 Å². The quantitative estimate of drug-likeness (QED) is 0.856. The van der Waals surface area contributed by atoms with Crippen molar-refractivity contribution in [1.29, 1.82) is 0 Å². The molecule has 6 heteroatoms. The summed E-state index contributed by atoms with van der Waals surface area (Å²) in [5, 5.41) is 4.47.